The number of carboxylic acids is 1. The van der Waals surface area contributed by atoms with E-state index < -0.39 is 11.8 Å². The van der Waals surface area contributed by atoms with Crippen LogP contribution in [0.25, 0.3) is 0 Å². The molecule has 0 bridgehead atoms. The van der Waals surface area contributed by atoms with Gasteiger partial charge in [0.1, 0.15) is 17.2 Å². The van der Waals surface area contributed by atoms with Crippen molar-refractivity contribution in [3.63, 3.8) is 0 Å². The van der Waals surface area contributed by atoms with Crippen LogP contribution in [0.3, 0.4) is 0 Å². The van der Waals surface area contributed by atoms with Crippen molar-refractivity contribution in [3.05, 3.63) is 107 Å². The molecule has 4 rings (SSSR count). The van der Waals surface area contributed by atoms with E-state index in [4.69, 9.17) is 19.3 Å². The molecular formula is C30H27FO5. The molecule has 0 fully saturated rings. The maximum absolute atomic E-state index is 14.6. The van der Waals surface area contributed by atoms with Crippen LogP contribution in [-0.4, -0.2) is 11.1 Å². The molecule has 0 unspecified atom stereocenters. The molecule has 0 amide bonds. The lowest BCUT2D eigenvalue weighted by molar-refractivity contribution is -0.136. The number of halogens is 1. The minimum absolute atomic E-state index is 0.0147. The summed E-state index contributed by atoms with van der Waals surface area (Å²) in [5.41, 5.74) is 2.88. The molecule has 0 aliphatic heterocycles. The van der Waals surface area contributed by atoms with E-state index in [1.165, 1.54) is 18.2 Å². The third kappa shape index (κ3) is 6.42. The first-order valence-electron chi connectivity index (χ1n) is 11.7. The number of aliphatic carboxylic acids is 1. The van der Waals surface area contributed by atoms with E-state index in [-0.39, 0.29) is 12.2 Å². The Morgan fingerprint density at radius 2 is 1.47 bits per heavy atom. The van der Waals surface area contributed by atoms with Crippen LogP contribution >= 0.6 is 0 Å². The molecular weight excluding hydrogens is 459 g/mol. The molecule has 1 N–H and O–H groups in total. The van der Waals surface area contributed by atoms with E-state index in [1.54, 1.807) is 18.2 Å². The van der Waals surface area contributed by atoms with Gasteiger partial charge in [0.2, 0.25) is 0 Å². The average Bonchev–Trinajstić information content (AvgIpc) is 2.87. The molecule has 184 valence electrons. The van der Waals surface area contributed by atoms with E-state index >= 15 is 0 Å². The van der Waals surface area contributed by atoms with Crippen molar-refractivity contribution >= 4 is 5.97 Å². The van der Waals surface area contributed by atoms with Crippen molar-refractivity contribution in [1.82, 2.24) is 0 Å². The standard InChI is InChI=1S/C30H27FO5/c1-3-21-9-15-27(29(18-21)34-23-7-5-4-6-8-23)35-25-13-14-26(31)28(19-25)36-24-12-10-22(20(2)17-24)11-16-30(32)33/h4-10,12-15,17-19H,3,11,16H2,1-2H3,(H,32,33). The number of carbonyl (C=O) groups is 1. The maximum Gasteiger partial charge on any atom is 0.303 e. The molecule has 6 heteroatoms. The number of carboxylic acid groups (broad SMARTS) is 1. The molecule has 0 saturated heterocycles. The van der Waals surface area contributed by atoms with Gasteiger partial charge in [-0.05, 0) is 85.0 Å². The van der Waals surface area contributed by atoms with Gasteiger partial charge in [-0.1, -0.05) is 37.3 Å². The van der Waals surface area contributed by atoms with Gasteiger partial charge < -0.3 is 19.3 Å². The second-order valence-corrected chi connectivity index (χ2v) is 8.33. The molecule has 5 nitrogen and oxygen atoms in total. The molecule has 0 heterocycles. The third-order valence-corrected chi connectivity index (χ3v) is 5.67. The van der Waals surface area contributed by atoms with Crippen LogP contribution in [0.4, 0.5) is 4.39 Å². The van der Waals surface area contributed by atoms with Crippen LogP contribution in [0, 0.1) is 12.7 Å². The Morgan fingerprint density at radius 3 is 2.19 bits per heavy atom. The third-order valence-electron chi connectivity index (χ3n) is 5.67. The highest BCUT2D eigenvalue weighted by Crippen LogP contribution is 2.38. The second-order valence-electron chi connectivity index (χ2n) is 8.33. The summed E-state index contributed by atoms with van der Waals surface area (Å²) in [5.74, 6) is 1.20. The van der Waals surface area contributed by atoms with Crippen molar-refractivity contribution in [2.45, 2.75) is 33.1 Å². The highest BCUT2D eigenvalue weighted by atomic mass is 19.1. The minimum Gasteiger partial charge on any atom is -0.481 e. The molecule has 0 atom stereocenters. The molecule has 4 aromatic rings. The summed E-state index contributed by atoms with van der Waals surface area (Å²) >= 11 is 0. The zero-order valence-electron chi connectivity index (χ0n) is 20.2. The van der Waals surface area contributed by atoms with Crippen LogP contribution in [-0.2, 0) is 17.6 Å². The van der Waals surface area contributed by atoms with Crippen molar-refractivity contribution in [2.24, 2.45) is 0 Å². The number of rotatable bonds is 10. The van der Waals surface area contributed by atoms with Crippen LogP contribution in [0.15, 0.2) is 84.9 Å². The lowest BCUT2D eigenvalue weighted by atomic mass is 10.0. The maximum atomic E-state index is 14.6. The highest BCUT2D eigenvalue weighted by molar-refractivity contribution is 5.67. The normalized spacial score (nSPS) is 10.6. The van der Waals surface area contributed by atoms with Gasteiger partial charge in [0.25, 0.3) is 0 Å². The van der Waals surface area contributed by atoms with Gasteiger partial charge in [0.05, 0.1) is 0 Å². The SMILES string of the molecule is CCc1ccc(Oc2ccc(F)c(Oc3ccc(CCC(=O)O)c(C)c3)c2)c(Oc2ccccc2)c1. The first-order valence-corrected chi connectivity index (χ1v) is 11.7. The first-order chi connectivity index (χ1) is 17.4. The number of hydrogen-bond donors (Lipinski definition) is 1. The van der Waals surface area contributed by atoms with Gasteiger partial charge in [-0.15, -0.1) is 0 Å². The number of hydrogen-bond acceptors (Lipinski definition) is 4. The fraction of sp³-hybridized carbons (Fsp3) is 0.167. The predicted octanol–water partition coefficient (Wildman–Crippen LogP) is 8.09. The van der Waals surface area contributed by atoms with Crippen molar-refractivity contribution in [2.75, 3.05) is 0 Å². The quantitative estimate of drug-likeness (QED) is 0.245. The van der Waals surface area contributed by atoms with Gasteiger partial charge in [-0.2, -0.15) is 0 Å². The molecule has 36 heavy (non-hydrogen) atoms. The zero-order chi connectivity index (χ0) is 25.5. The lowest BCUT2D eigenvalue weighted by Crippen LogP contribution is -1.99. The topological polar surface area (TPSA) is 65.0 Å². The number of aryl methyl sites for hydroxylation is 3. The molecule has 0 aliphatic rings. The van der Waals surface area contributed by atoms with Crippen LogP contribution in [0.2, 0.25) is 0 Å². The van der Waals surface area contributed by atoms with Crippen LogP contribution in [0.1, 0.15) is 30.0 Å². The number of ether oxygens (including phenoxy) is 3. The summed E-state index contributed by atoms with van der Waals surface area (Å²) in [5, 5.41) is 8.91. The highest BCUT2D eigenvalue weighted by Gasteiger charge is 2.13. The molecule has 0 aliphatic carbocycles. The van der Waals surface area contributed by atoms with E-state index in [9.17, 15) is 9.18 Å². The van der Waals surface area contributed by atoms with E-state index in [2.05, 4.69) is 6.92 Å². The molecule has 0 spiro atoms. The monoisotopic (exact) mass is 486 g/mol. The summed E-state index contributed by atoms with van der Waals surface area (Å²) in [7, 11) is 0. The van der Waals surface area contributed by atoms with E-state index in [0.29, 0.717) is 35.2 Å². The summed E-state index contributed by atoms with van der Waals surface area (Å²) in [4.78, 5) is 10.9. The van der Waals surface area contributed by atoms with E-state index in [1.807, 2.05) is 55.5 Å². The predicted molar refractivity (Wildman–Crippen MR) is 136 cm³/mol. The van der Waals surface area contributed by atoms with Crippen LogP contribution in [0.5, 0.6) is 34.5 Å². The Labute approximate surface area is 209 Å². The molecule has 0 saturated carbocycles. The van der Waals surface area contributed by atoms with Crippen molar-refractivity contribution in [1.29, 1.82) is 0 Å². The average molecular weight is 487 g/mol. The minimum atomic E-state index is -0.852. The summed E-state index contributed by atoms with van der Waals surface area (Å²) < 4.78 is 32.5. The fourth-order valence-electron chi connectivity index (χ4n) is 3.69. The summed E-state index contributed by atoms with van der Waals surface area (Å²) in [6.07, 6.45) is 1.31. The van der Waals surface area contributed by atoms with Gasteiger partial charge in [-0.3, -0.25) is 4.79 Å². The van der Waals surface area contributed by atoms with Crippen molar-refractivity contribution < 1.29 is 28.5 Å². The lowest BCUT2D eigenvalue weighted by Gasteiger charge is -2.15. The van der Waals surface area contributed by atoms with Gasteiger partial charge >= 0.3 is 5.97 Å². The molecule has 0 aromatic heterocycles. The number of para-hydroxylation sites is 1. The van der Waals surface area contributed by atoms with Gasteiger partial charge in [0.15, 0.2) is 23.1 Å². The first kappa shape index (κ1) is 24.8. The summed E-state index contributed by atoms with van der Waals surface area (Å²) in [6.45, 7) is 3.93. The van der Waals surface area contributed by atoms with Crippen molar-refractivity contribution in [3.8, 4) is 34.5 Å². The Hall–Kier alpha value is -4.32. The van der Waals surface area contributed by atoms with E-state index in [0.717, 1.165) is 23.1 Å². The largest absolute Gasteiger partial charge is 0.481 e. The second kappa shape index (κ2) is 11.4. The smallest absolute Gasteiger partial charge is 0.303 e. The Kier molecular flexibility index (Phi) is 7.85. The van der Waals surface area contributed by atoms with Gasteiger partial charge in [-0.25, -0.2) is 4.39 Å². The Balaban J connectivity index is 1.55. The zero-order valence-corrected chi connectivity index (χ0v) is 20.2. The van der Waals surface area contributed by atoms with Crippen LogP contribution < -0.4 is 14.2 Å². The molecule has 4 aromatic carbocycles. The number of benzene rings is 4. The van der Waals surface area contributed by atoms with Gasteiger partial charge in [0, 0.05) is 12.5 Å². The summed E-state index contributed by atoms with van der Waals surface area (Å²) in [6, 6.07) is 24.7. The Morgan fingerprint density at radius 1 is 0.778 bits per heavy atom. The fourth-order valence-corrected chi connectivity index (χ4v) is 3.69. The Bertz CT molecular complexity index is 1350. The molecule has 0 radical (unpaired) electrons.